The Bertz CT molecular complexity index is 488. The highest BCUT2D eigenvalue weighted by atomic mass is 35.5. The van der Waals surface area contributed by atoms with Gasteiger partial charge >= 0.3 is 0 Å². The molecule has 0 radical (unpaired) electrons. The summed E-state index contributed by atoms with van der Waals surface area (Å²) in [7, 11) is 0. The average molecular weight is 245 g/mol. The predicted molar refractivity (Wildman–Crippen MR) is 74.7 cm³/mol. The third-order valence-corrected chi connectivity index (χ3v) is 3.42. The molecule has 0 heterocycles. The molecule has 1 unspecified atom stereocenters. The number of rotatable bonds is 3. The second-order valence-corrected chi connectivity index (χ2v) is 5.04. The van der Waals surface area contributed by atoms with Crippen LogP contribution in [0.15, 0.2) is 48.5 Å². The van der Waals surface area contributed by atoms with Gasteiger partial charge in [-0.25, -0.2) is 0 Å². The van der Waals surface area contributed by atoms with Crippen LogP contribution in [0.2, 0.25) is 0 Å². The van der Waals surface area contributed by atoms with Gasteiger partial charge in [0.05, 0.1) is 5.38 Å². The van der Waals surface area contributed by atoms with Crippen LogP contribution in [0.4, 0.5) is 0 Å². The van der Waals surface area contributed by atoms with E-state index in [0.717, 1.165) is 6.42 Å². The first-order chi connectivity index (χ1) is 8.16. The Morgan fingerprint density at radius 2 is 1.71 bits per heavy atom. The molecular formula is C16H17Cl. The topological polar surface area (TPSA) is 0 Å². The Morgan fingerprint density at radius 1 is 1.00 bits per heavy atom. The van der Waals surface area contributed by atoms with Gasteiger partial charge in [-0.1, -0.05) is 54.1 Å². The molecule has 88 valence electrons. The third-order valence-electron chi connectivity index (χ3n) is 3.03. The van der Waals surface area contributed by atoms with Crippen LogP contribution in [0.3, 0.4) is 0 Å². The van der Waals surface area contributed by atoms with Crippen LogP contribution in [0, 0.1) is 13.8 Å². The van der Waals surface area contributed by atoms with Gasteiger partial charge in [-0.2, -0.15) is 0 Å². The van der Waals surface area contributed by atoms with Crippen molar-refractivity contribution in [1.29, 1.82) is 0 Å². The summed E-state index contributed by atoms with van der Waals surface area (Å²) in [5.41, 5.74) is 5.07. The van der Waals surface area contributed by atoms with Crippen LogP contribution in [0.25, 0.3) is 0 Å². The van der Waals surface area contributed by atoms with Crippen LogP contribution in [-0.4, -0.2) is 0 Å². The number of benzene rings is 2. The lowest BCUT2D eigenvalue weighted by Gasteiger charge is -2.13. The zero-order valence-electron chi connectivity index (χ0n) is 10.3. The number of hydrogen-bond acceptors (Lipinski definition) is 0. The van der Waals surface area contributed by atoms with Crippen LogP contribution in [0.1, 0.15) is 27.6 Å². The Balaban J connectivity index is 2.20. The van der Waals surface area contributed by atoms with Gasteiger partial charge in [0.2, 0.25) is 0 Å². The summed E-state index contributed by atoms with van der Waals surface area (Å²) < 4.78 is 0. The molecule has 0 amide bonds. The van der Waals surface area contributed by atoms with Crippen LogP contribution in [0.5, 0.6) is 0 Å². The number of hydrogen-bond donors (Lipinski definition) is 0. The molecule has 0 saturated carbocycles. The van der Waals surface area contributed by atoms with E-state index in [2.05, 4.69) is 56.3 Å². The first-order valence-corrected chi connectivity index (χ1v) is 6.35. The maximum absolute atomic E-state index is 6.52. The summed E-state index contributed by atoms with van der Waals surface area (Å²) in [5, 5.41) is 0.0531. The van der Waals surface area contributed by atoms with Crippen molar-refractivity contribution in [3.8, 4) is 0 Å². The van der Waals surface area contributed by atoms with Gasteiger partial charge in [0, 0.05) is 0 Å². The van der Waals surface area contributed by atoms with Crippen molar-refractivity contribution in [2.45, 2.75) is 25.6 Å². The van der Waals surface area contributed by atoms with E-state index >= 15 is 0 Å². The molecule has 0 bridgehead atoms. The van der Waals surface area contributed by atoms with E-state index in [4.69, 9.17) is 11.6 Å². The minimum atomic E-state index is 0.0531. The average Bonchev–Trinajstić information content (AvgIpc) is 2.33. The molecule has 0 aliphatic carbocycles. The normalized spacial score (nSPS) is 12.4. The lowest BCUT2D eigenvalue weighted by atomic mass is 9.98. The molecular weight excluding hydrogens is 228 g/mol. The summed E-state index contributed by atoms with van der Waals surface area (Å²) in [6, 6.07) is 16.9. The molecule has 0 nitrogen and oxygen atoms in total. The first-order valence-electron chi connectivity index (χ1n) is 5.92. The fraction of sp³-hybridized carbons (Fsp3) is 0.250. The van der Waals surface area contributed by atoms with Crippen LogP contribution < -0.4 is 0 Å². The zero-order chi connectivity index (χ0) is 12.3. The molecule has 0 aliphatic heterocycles. The highest BCUT2D eigenvalue weighted by Gasteiger charge is 2.11. The molecule has 0 fully saturated rings. The van der Waals surface area contributed by atoms with Crippen LogP contribution in [-0.2, 0) is 6.42 Å². The van der Waals surface area contributed by atoms with E-state index in [0.29, 0.717) is 0 Å². The van der Waals surface area contributed by atoms with Gasteiger partial charge in [0.25, 0.3) is 0 Å². The fourth-order valence-corrected chi connectivity index (χ4v) is 2.44. The molecule has 1 atom stereocenters. The molecule has 2 aromatic rings. The molecule has 0 aliphatic rings. The van der Waals surface area contributed by atoms with E-state index in [1.54, 1.807) is 0 Å². The molecule has 0 spiro atoms. The maximum Gasteiger partial charge on any atom is 0.0628 e. The van der Waals surface area contributed by atoms with Crippen molar-refractivity contribution < 1.29 is 0 Å². The number of alkyl halides is 1. The van der Waals surface area contributed by atoms with E-state index < -0.39 is 0 Å². The molecule has 0 aromatic heterocycles. The van der Waals surface area contributed by atoms with Crippen molar-refractivity contribution >= 4 is 11.6 Å². The molecule has 2 rings (SSSR count). The SMILES string of the molecule is Cc1ccc(C)c(C(Cl)Cc2ccccc2)c1. The summed E-state index contributed by atoms with van der Waals surface area (Å²) in [6.07, 6.45) is 0.882. The minimum Gasteiger partial charge on any atom is -0.117 e. The van der Waals surface area contributed by atoms with E-state index in [1.807, 2.05) is 6.07 Å². The lowest BCUT2D eigenvalue weighted by molar-refractivity contribution is 0.908. The summed E-state index contributed by atoms with van der Waals surface area (Å²) >= 11 is 6.52. The van der Waals surface area contributed by atoms with Crippen molar-refractivity contribution in [2.24, 2.45) is 0 Å². The first kappa shape index (κ1) is 12.2. The Hall–Kier alpha value is -1.27. The molecule has 17 heavy (non-hydrogen) atoms. The lowest BCUT2D eigenvalue weighted by Crippen LogP contribution is -1.99. The summed E-state index contributed by atoms with van der Waals surface area (Å²) in [6.45, 7) is 4.23. The predicted octanol–water partition coefficient (Wildman–Crippen LogP) is 4.83. The van der Waals surface area contributed by atoms with Gasteiger partial charge in [-0.05, 0) is 37.0 Å². The molecule has 1 heteroatoms. The molecule has 0 saturated heterocycles. The highest BCUT2D eigenvalue weighted by molar-refractivity contribution is 6.21. The van der Waals surface area contributed by atoms with Gasteiger partial charge in [-0.15, -0.1) is 11.6 Å². The third kappa shape index (κ3) is 3.10. The van der Waals surface area contributed by atoms with E-state index in [-0.39, 0.29) is 5.38 Å². The smallest absolute Gasteiger partial charge is 0.0628 e. The van der Waals surface area contributed by atoms with E-state index in [9.17, 15) is 0 Å². The Kier molecular flexibility index (Phi) is 3.86. The Labute approximate surface area is 108 Å². The summed E-state index contributed by atoms with van der Waals surface area (Å²) in [5.74, 6) is 0. The molecule has 0 N–H and O–H groups in total. The second-order valence-electron chi connectivity index (χ2n) is 4.52. The van der Waals surface area contributed by atoms with Crippen LogP contribution >= 0.6 is 11.6 Å². The van der Waals surface area contributed by atoms with Gasteiger partial charge in [0.15, 0.2) is 0 Å². The largest absolute Gasteiger partial charge is 0.117 e. The van der Waals surface area contributed by atoms with Gasteiger partial charge in [0.1, 0.15) is 0 Å². The molecule has 2 aromatic carbocycles. The summed E-state index contributed by atoms with van der Waals surface area (Å²) in [4.78, 5) is 0. The highest BCUT2D eigenvalue weighted by Crippen LogP contribution is 2.28. The number of aryl methyl sites for hydroxylation is 2. The monoisotopic (exact) mass is 244 g/mol. The quantitative estimate of drug-likeness (QED) is 0.679. The minimum absolute atomic E-state index is 0.0531. The van der Waals surface area contributed by atoms with Crippen molar-refractivity contribution in [3.63, 3.8) is 0 Å². The Morgan fingerprint density at radius 3 is 2.41 bits per heavy atom. The van der Waals surface area contributed by atoms with E-state index in [1.165, 1.54) is 22.3 Å². The van der Waals surface area contributed by atoms with Crippen molar-refractivity contribution in [2.75, 3.05) is 0 Å². The van der Waals surface area contributed by atoms with Crippen molar-refractivity contribution in [3.05, 3.63) is 70.8 Å². The van der Waals surface area contributed by atoms with Gasteiger partial charge in [-0.3, -0.25) is 0 Å². The van der Waals surface area contributed by atoms with Gasteiger partial charge < -0.3 is 0 Å². The van der Waals surface area contributed by atoms with Crippen molar-refractivity contribution in [1.82, 2.24) is 0 Å². The zero-order valence-corrected chi connectivity index (χ0v) is 11.0. The number of halogens is 1. The maximum atomic E-state index is 6.52. The fourth-order valence-electron chi connectivity index (χ4n) is 2.03. The second kappa shape index (κ2) is 5.37. The standard InChI is InChI=1S/C16H17Cl/c1-12-8-9-13(2)15(10-12)16(17)11-14-6-4-3-5-7-14/h3-10,16H,11H2,1-2H3.